The Labute approximate surface area is 160 Å². The Morgan fingerprint density at radius 2 is 1.26 bits per heavy atom. The summed E-state index contributed by atoms with van der Waals surface area (Å²) >= 11 is 0. The molecule has 3 aromatic rings. The lowest BCUT2D eigenvalue weighted by Crippen LogP contribution is -2.21. The first-order chi connectivity index (χ1) is 12.9. The molecule has 0 heterocycles. The average Bonchev–Trinajstić information content (AvgIpc) is 2.69. The zero-order valence-corrected chi connectivity index (χ0v) is 16.7. The maximum Gasteiger partial charge on any atom is 0.296 e. The minimum atomic E-state index is -3.88. The number of aryl methyl sites for hydroxylation is 1. The molecule has 0 aliphatic rings. The van der Waals surface area contributed by atoms with E-state index in [0.717, 1.165) is 5.56 Å². The van der Waals surface area contributed by atoms with E-state index in [9.17, 15) is 13.0 Å². The van der Waals surface area contributed by atoms with Gasteiger partial charge in [0.1, 0.15) is 7.14 Å². The molecule has 0 aliphatic heterocycles. The summed E-state index contributed by atoms with van der Waals surface area (Å²) in [4.78, 5) is 0.0994. The summed E-state index contributed by atoms with van der Waals surface area (Å²) in [5, 5.41) is 1.38. The van der Waals surface area contributed by atoms with E-state index in [1.165, 1.54) is 12.1 Å². The van der Waals surface area contributed by atoms with Crippen LogP contribution in [0.25, 0.3) is 0 Å². The van der Waals surface area contributed by atoms with Crippen molar-refractivity contribution < 1.29 is 17.2 Å². The predicted molar refractivity (Wildman–Crippen MR) is 109 cm³/mol. The normalized spacial score (nSPS) is 12.0. The lowest BCUT2D eigenvalue weighted by molar-refractivity contribution is 0.339. The SMILES string of the molecule is Cc1ccc(S(=O)(=O)OCCP(=O)(c2ccccc2)c2ccccc2)cc1. The van der Waals surface area contributed by atoms with Gasteiger partial charge in [-0.25, -0.2) is 0 Å². The quantitative estimate of drug-likeness (QED) is 0.448. The molecule has 3 rings (SSSR count). The Morgan fingerprint density at radius 3 is 1.74 bits per heavy atom. The van der Waals surface area contributed by atoms with Crippen LogP contribution in [0.15, 0.2) is 89.8 Å². The number of rotatable bonds is 7. The van der Waals surface area contributed by atoms with Gasteiger partial charge >= 0.3 is 0 Å². The predicted octanol–water partition coefficient (Wildman–Crippen LogP) is 3.71. The van der Waals surface area contributed by atoms with Crippen molar-refractivity contribution in [2.24, 2.45) is 0 Å². The second-order valence-corrected chi connectivity index (χ2v) is 10.8. The van der Waals surface area contributed by atoms with Gasteiger partial charge in [-0.15, -0.1) is 0 Å². The highest BCUT2D eigenvalue weighted by atomic mass is 32.2. The topological polar surface area (TPSA) is 60.4 Å². The second kappa shape index (κ2) is 8.22. The molecule has 0 radical (unpaired) electrons. The van der Waals surface area contributed by atoms with E-state index in [1.54, 1.807) is 12.1 Å². The fraction of sp³-hybridized carbons (Fsp3) is 0.143. The largest absolute Gasteiger partial charge is 0.314 e. The van der Waals surface area contributed by atoms with E-state index in [0.29, 0.717) is 10.6 Å². The van der Waals surface area contributed by atoms with Crippen molar-refractivity contribution in [3.63, 3.8) is 0 Å². The fourth-order valence-electron chi connectivity index (χ4n) is 2.79. The number of hydrogen-bond donors (Lipinski definition) is 0. The van der Waals surface area contributed by atoms with Crippen molar-refractivity contribution in [1.82, 2.24) is 0 Å². The summed E-state index contributed by atoms with van der Waals surface area (Å²) in [7, 11) is -6.88. The monoisotopic (exact) mass is 400 g/mol. The zero-order chi connectivity index (χ0) is 19.3. The van der Waals surface area contributed by atoms with Crippen LogP contribution in [0.1, 0.15) is 5.56 Å². The van der Waals surface area contributed by atoms with Gasteiger partial charge in [-0.2, -0.15) is 8.42 Å². The maximum absolute atomic E-state index is 13.8. The van der Waals surface area contributed by atoms with Gasteiger partial charge in [0.05, 0.1) is 11.5 Å². The van der Waals surface area contributed by atoms with Crippen molar-refractivity contribution in [3.05, 3.63) is 90.5 Å². The summed E-state index contributed by atoms with van der Waals surface area (Å²) in [5.74, 6) is 0. The van der Waals surface area contributed by atoms with Crippen molar-refractivity contribution in [2.45, 2.75) is 11.8 Å². The Bertz CT molecular complexity index is 987. The molecule has 6 heteroatoms. The van der Waals surface area contributed by atoms with Gasteiger partial charge in [0.25, 0.3) is 10.1 Å². The Balaban J connectivity index is 1.82. The molecule has 27 heavy (non-hydrogen) atoms. The third kappa shape index (κ3) is 4.56. The highest BCUT2D eigenvalue weighted by Crippen LogP contribution is 2.43. The minimum Gasteiger partial charge on any atom is -0.314 e. The van der Waals surface area contributed by atoms with Crippen LogP contribution in [-0.4, -0.2) is 21.2 Å². The van der Waals surface area contributed by atoms with Crippen molar-refractivity contribution in [3.8, 4) is 0 Å². The summed E-state index contributed by atoms with van der Waals surface area (Å²) < 4.78 is 43.8. The van der Waals surface area contributed by atoms with E-state index in [1.807, 2.05) is 67.6 Å². The second-order valence-electron chi connectivity index (χ2n) is 6.22. The molecule has 0 amide bonds. The van der Waals surface area contributed by atoms with Gasteiger partial charge < -0.3 is 4.57 Å². The standard InChI is InChI=1S/C21H21O4PS/c1-18-12-14-21(15-13-18)27(23,24)25-16-17-26(22,19-8-4-2-5-9-19)20-10-6-3-7-11-20/h2-15H,16-17H2,1H3. The number of hydrogen-bond acceptors (Lipinski definition) is 4. The van der Waals surface area contributed by atoms with Crippen molar-refractivity contribution in [1.29, 1.82) is 0 Å². The molecular formula is C21H21O4PS. The zero-order valence-electron chi connectivity index (χ0n) is 15.0. The molecule has 0 fully saturated rings. The first-order valence-corrected chi connectivity index (χ1v) is 11.9. The Morgan fingerprint density at radius 1 is 0.778 bits per heavy atom. The molecule has 0 unspecified atom stereocenters. The van der Waals surface area contributed by atoms with E-state index >= 15 is 0 Å². The van der Waals surface area contributed by atoms with Crippen LogP contribution in [0.2, 0.25) is 0 Å². The van der Waals surface area contributed by atoms with Crippen LogP contribution >= 0.6 is 7.14 Å². The summed E-state index contributed by atoms with van der Waals surface area (Å²) in [6, 6.07) is 24.7. The average molecular weight is 400 g/mol. The molecule has 0 N–H and O–H groups in total. The molecule has 140 valence electrons. The van der Waals surface area contributed by atoms with Gasteiger partial charge in [-0.3, -0.25) is 4.18 Å². The molecule has 0 spiro atoms. The van der Waals surface area contributed by atoms with Gasteiger partial charge in [-0.05, 0) is 19.1 Å². The smallest absolute Gasteiger partial charge is 0.296 e. The number of benzene rings is 3. The van der Waals surface area contributed by atoms with Crippen LogP contribution in [0.5, 0.6) is 0 Å². The third-order valence-corrected chi connectivity index (χ3v) is 8.70. The third-order valence-electron chi connectivity index (χ3n) is 4.30. The Kier molecular flexibility index (Phi) is 5.95. The molecule has 0 atom stereocenters. The van der Waals surface area contributed by atoms with E-state index in [2.05, 4.69) is 0 Å². The molecule has 0 aliphatic carbocycles. The van der Waals surface area contributed by atoms with Crippen LogP contribution in [0, 0.1) is 6.92 Å². The Hall–Kier alpha value is -2.20. The highest BCUT2D eigenvalue weighted by Gasteiger charge is 2.28. The maximum atomic E-state index is 13.8. The van der Waals surface area contributed by atoms with Crippen molar-refractivity contribution >= 4 is 27.9 Å². The molecule has 0 aromatic heterocycles. The first-order valence-electron chi connectivity index (χ1n) is 8.58. The van der Waals surface area contributed by atoms with E-state index in [-0.39, 0.29) is 17.7 Å². The first kappa shape index (κ1) is 19.6. The van der Waals surface area contributed by atoms with Gasteiger partial charge in [0, 0.05) is 16.8 Å². The molecule has 0 saturated carbocycles. The molecule has 4 nitrogen and oxygen atoms in total. The molecule has 0 bridgehead atoms. The molecule has 3 aromatic carbocycles. The van der Waals surface area contributed by atoms with Gasteiger partial charge in [-0.1, -0.05) is 78.4 Å². The summed E-state index contributed by atoms with van der Waals surface area (Å²) in [5.41, 5.74) is 0.964. The van der Waals surface area contributed by atoms with Crippen molar-refractivity contribution in [2.75, 3.05) is 12.8 Å². The fourth-order valence-corrected chi connectivity index (χ4v) is 6.30. The molecule has 0 saturated heterocycles. The van der Waals surface area contributed by atoms with E-state index < -0.39 is 17.3 Å². The van der Waals surface area contributed by atoms with Crippen LogP contribution in [0.4, 0.5) is 0 Å². The summed E-state index contributed by atoms with van der Waals surface area (Å²) in [6.07, 6.45) is 0.103. The van der Waals surface area contributed by atoms with E-state index in [4.69, 9.17) is 4.18 Å². The lowest BCUT2D eigenvalue weighted by Gasteiger charge is -2.19. The molecular weight excluding hydrogens is 379 g/mol. The van der Waals surface area contributed by atoms with Crippen LogP contribution in [-0.2, 0) is 18.9 Å². The van der Waals surface area contributed by atoms with Crippen LogP contribution < -0.4 is 10.6 Å². The summed E-state index contributed by atoms with van der Waals surface area (Å²) in [6.45, 7) is 1.73. The van der Waals surface area contributed by atoms with Gasteiger partial charge in [0.2, 0.25) is 0 Å². The van der Waals surface area contributed by atoms with Crippen LogP contribution in [0.3, 0.4) is 0 Å². The highest BCUT2D eigenvalue weighted by molar-refractivity contribution is 7.86. The lowest BCUT2D eigenvalue weighted by atomic mass is 10.2. The van der Waals surface area contributed by atoms with Gasteiger partial charge in [0.15, 0.2) is 0 Å². The minimum absolute atomic E-state index is 0.0994.